The van der Waals surface area contributed by atoms with Crippen molar-refractivity contribution in [1.82, 2.24) is 20.5 Å². The monoisotopic (exact) mass is 236 g/mol. The number of hydrogen-bond acceptors (Lipinski definition) is 3. The summed E-state index contributed by atoms with van der Waals surface area (Å²) in [6.07, 6.45) is 5.49. The van der Waals surface area contributed by atoms with Crippen LogP contribution in [-0.4, -0.2) is 27.1 Å². The Bertz CT molecular complexity index is 388. The van der Waals surface area contributed by atoms with E-state index in [1.165, 1.54) is 19.3 Å². The second-order valence-electron chi connectivity index (χ2n) is 4.80. The normalized spacial score (nSPS) is 24.6. The van der Waals surface area contributed by atoms with Gasteiger partial charge in [-0.15, -0.1) is 5.10 Å². The lowest BCUT2D eigenvalue weighted by Gasteiger charge is -2.28. The number of H-pyrrole nitrogens is 1. The van der Waals surface area contributed by atoms with Crippen LogP contribution in [0.4, 0.5) is 0 Å². The molecule has 0 bridgehead atoms. The van der Waals surface area contributed by atoms with Crippen LogP contribution in [0.15, 0.2) is 0 Å². The molecule has 2 atom stereocenters. The Hall–Kier alpha value is -1.39. The van der Waals surface area contributed by atoms with Gasteiger partial charge in [-0.1, -0.05) is 26.7 Å². The van der Waals surface area contributed by atoms with Crippen LogP contribution in [-0.2, 0) is 6.42 Å². The fourth-order valence-corrected chi connectivity index (χ4v) is 2.32. The molecule has 17 heavy (non-hydrogen) atoms. The van der Waals surface area contributed by atoms with E-state index in [4.69, 9.17) is 0 Å². The molecule has 0 aromatic carbocycles. The molecule has 0 radical (unpaired) electrons. The minimum Gasteiger partial charge on any atom is -0.346 e. The zero-order valence-electron chi connectivity index (χ0n) is 10.5. The fraction of sp³-hybridized carbons (Fsp3) is 0.750. The Morgan fingerprint density at radius 2 is 2.24 bits per heavy atom. The van der Waals surface area contributed by atoms with E-state index in [1.807, 2.05) is 6.92 Å². The third-order valence-corrected chi connectivity index (χ3v) is 3.50. The maximum Gasteiger partial charge on any atom is 0.291 e. The minimum atomic E-state index is -0.153. The van der Waals surface area contributed by atoms with Gasteiger partial charge in [-0.2, -0.15) is 0 Å². The summed E-state index contributed by atoms with van der Waals surface area (Å²) < 4.78 is 0. The average molecular weight is 236 g/mol. The van der Waals surface area contributed by atoms with Crippen LogP contribution >= 0.6 is 0 Å². The number of carbonyl (C=O) groups excluding carboxylic acids is 1. The number of carbonyl (C=O) groups is 1. The van der Waals surface area contributed by atoms with Crippen LogP contribution in [0.5, 0.6) is 0 Å². The number of nitrogens with zero attached hydrogens (tertiary/aromatic N) is 2. The van der Waals surface area contributed by atoms with Crippen LogP contribution in [0.2, 0.25) is 0 Å². The van der Waals surface area contributed by atoms with E-state index in [2.05, 4.69) is 27.4 Å². The SMILES string of the molecule is CCc1nc(C(=O)NC2CCCCC2C)n[nH]1. The standard InChI is InChI=1S/C12H20N4O/c1-3-10-14-11(16-15-10)12(17)13-9-7-5-4-6-8(9)2/h8-9H,3-7H2,1-2H3,(H,13,17)(H,14,15,16). The van der Waals surface area contributed by atoms with Crippen molar-refractivity contribution in [1.29, 1.82) is 0 Å². The van der Waals surface area contributed by atoms with Gasteiger partial charge in [0.25, 0.3) is 5.91 Å². The molecule has 0 spiro atoms. The van der Waals surface area contributed by atoms with Crippen LogP contribution in [0.3, 0.4) is 0 Å². The second kappa shape index (κ2) is 5.29. The van der Waals surface area contributed by atoms with E-state index in [9.17, 15) is 4.79 Å². The van der Waals surface area contributed by atoms with Crippen molar-refractivity contribution >= 4 is 5.91 Å². The molecule has 2 N–H and O–H groups in total. The van der Waals surface area contributed by atoms with E-state index < -0.39 is 0 Å². The van der Waals surface area contributed by atoms with Gasteiger partial charge in [-0.3, -0.25) is 9.89 Å². The third-order valence-electron chi connectivity index (χ3n) is 3.50. The van der Waals surface area contributed by atoms with Crippen molar-refractivity contribution in [3.8, 4) is 0 Å². The summed E-state index contributed by atoms with van der Waals surface area (Å²) in [5, 5.41) is 9.73. The van der Waals surface area contributed by atoms with Crippen molar-refractivity contribution in [2.75, 3.05) is 0 Å². The van der Waals surface area contributed by atoms with Gasteiger partial charge in [-0.25, -0.2) is 4.98 Å². The lowest BCUT2D eigenvalue weighted by molar-refractivity contribution is 0.0900. The van der Waals surface area contributed by atoms with Crippen LogP contribution in [0, 0.1) is 5.92 Å². The number of aryl methyl sites for hydroxylation is 1. The van der Waals surface area contributed by atoms with Crippen LogP contribution in [0.25, 0.3) is 0 Å². The lowest BCUT2D eigenvalue weighted by Crippen LogP contribution is -2.41. The summed E-state index contributed by atoms with van der Waals surface area (Å²) in [6, 6.07) is 0.278. The van der Waals surface area contributed by atoms with Crippen molar-refractivity contribution in [2.45, 2.75) is 52.0 Å². The Kier molecular flexibility index (Phi) is 3.76. The predicted molar refractivity (Wildman–Crippen MR) is 64.6 cm³/mol. The highest BCUT2D eigenvalue weighted by atomic mass is 16.2. The van der Waals surface area contributed by atoms with Crippen molar-refractivity contribution in [3.05, 3.63) is 11.6 Å². The molecule has 1 saturated carbocycles. The first-order chi connectivity index (χ1) is 8.20. The molecule has 1 amide bonds. The van der Waals surface area contributed by atoms with Gasteiger partial charge in [0.05, 0.1) is 0 Å². The van der Waals surface area contributed by atoms with E-state index in [0.717, 1.165) is 18.7 Å². The number of nitrogens with one attached hydrogen (secondary N) is 2. The molecule has 2 unspecified atom stereocenters. The Morgan fingerprint density at radius 3 is 2.88 bits per heavy atom. The van der Waals surface area contributed by atoms with Crippen LogP contribution in [0.1, 0.15) is 56.0 Å². The molecule has 1 fully saturated rings. The van der Waals surface area contributed by atoms with Gasteiger partial charge in [0.1, 0.15) is 5.82 Å². The molecule has 1 aromatic rings. The number of amides is 1. The molecule has 0 aliphatic heterocycles. The Labute approximate surface area is 101 Å². The molecular weight excluding hydrogens is 216 g/mol. The van der Waals surface area contributed by atoms with Crippen molar-refractivity contribution in [3.63, 3.8) is 0 Å². The van der Waals surface area contributed by atoms with E-state index >= 15 is 0 Å². The van der Waals surface area contributed by atoms with Gasteiger partial charge < -0.3 is 5.32 Å². The number of rotatable bonds is 3. The maximum atomic E-state index is 11.9. The fourth-order valence-electron chi connectivity index (χ4n) is 2.32. The Balaban J connectivity index is 1.96. The summed E-state index contributed by atoms with van der Waals surface area (Å²) in [5.74, 6) is 1.42. The van der Waals surface area contributed by atoms with Gasteiger partial charge in [0.2, 0.25) is 5.82 Å². The third kappa shape index (κ3) is 2.84. The van der Waals surface area contributed by atoms with E-state index in [0.29, 0.717) is 5.92 Å². The lowest BCUT2D eigenvalue weighted by atomic mass is 9.86. The topological polar surface area (TPSA) is 70.7 Å². The molecule has 0 saturated heterocycles. The molecule has 1 aromatic heterocycles. The highest BCUT2D eigenvalue weighted by Crippen LogP contribution is 2.23. The number of aromatic nitrogens is 3. The quantitative estimate of drug-likeness (QED) is 0.838. The largest absolute Gasteiger partial charge is 0.346 e. The maximum absolute atomic E-state index is 11.9. The molecule has 1 aliphatic carbocycles. The highest BCUT2D eigenvalue weighted by molar-refractivity contribution is 5.90. The molecule has 2 rings (SSSR count). The first-order valence-electron chi connectivity index (χ1n) is 6.43. The summed E-state index contributed by atoms with van der Waals surface area (Å²) in [7, 11) is 0. The van der Waals surface area contributed by atoms with E-state index in [-0.39, 0.29) is 17.8 Å². The van der Waals surface area contributed by atoms with Gasteiger partial charge in [0, 0.05) is 12.5 Å². The number of hydrogen-bond donors (Lipinski definition) is 2. The molecule has 94 valence electrons. The molecule has 1 aliphatic rings. The highest BCUT2D eigenvalue weighted by Gasteiger charge is 2.24. The molecule has 5 heteroatoms. The zero-order chi connectivity index (χ0) is 12.3. The number of aromatic amines is 1. The first-order valence-corrected chi connectivity index (χ1v) is 6.43. The minimum absolute atomic E-state index is 0.153. The summed E-state index contributed by atoms with van der Waals surface area (Å²) >= 11 is 0. The Morgan fingerprint density at radius 1 is 1.47 bits per heavy atom. The van der Waals surface area contributed by atoms with Gasteiger partial charge in [0.15, 0.2) is 0 Å². The van der Waals surface area contributed by atoms with Crippen molar-refractivity contribution < 1.29 is 4.79 Å². The molecule has 1 heterocycles. The van der Waals surface area contributed by atoms with Crippen LogP contribution < -0.4 is 5.32 Å². The molecular formula is C12H20N4O. The zero-order valence-corrected chi connectivity index (χ0v) is 10.5. The smallest absolute Gasteiger partial charge is 0.291 e. The summed E-state index contributed by atoms with van der Waals surface area (Å²) in [6.45, 7) is 4.17. The summed E-state index contributed by atoms with van der Waals surface area (Å²) in [4.78, 5) is 16.1. The molecule has 5 nitrogen and oxygen atoms in total. The van der Waals surface area contributed by atoms with Gasteiger partial charge >= 0.3 is 0 Å². The first kappa shape index (κ1) is 12.1. The van der Waals surface area contributed by atoms with E-state index in [1.54, 1.807) is 0 Å². The predicted octanol–water partition coefficient (Wildman–Crippen LogP) is 1.68. The second-order valence-corrected chi connectivity index (χ2v) is 4.80. The summed E-state index contributed by atoms with van der Waals surface area (Å²) in [5.41, 5.74) is 0. The van der Waals surface area contributed by atoms with Gasteiger partial charge in [-0.05, 0) is 18.8 Å². The van der Waals surface area contributed by atoms with Crippen molar-refractivity contribution in [2.24, 2.45) is 5.92 Å². The average Bonchev–Trinajstić information content (AvgIpc) is 2.81.